The molecule has 0 saturated carbocycles. The zero-order valence-electron chi connectivity index (χ0n) is 11.7. The molecule has 6 heteroatoms. The van der Waals surface area contributed by atoms with Gasteiger partial charge in [-0.2, -0.15) is 0 Å². The standard InChI is InChI=1S/C14H17N3O3/c1-9-5-4-6-10(7-9)15-13(20)17-8-11(18)16-12(19)14(17,2)3/h4-7H,8H2,1-3H3,(H,15,20)(H,16,18,19). The summed E-state index contributed by atoms with van der Waals surface area (Å²) >= 11 is 0. The molecular formula is C14H17N3O3. The highest BCUT2D eigenvalue weighted by atomic mass is 16.2. The van der Waals surface area contributed by atoms with Crippen LogP contribution in [0.5, 0.6) is 0 Å². The Morgan fingerprint density at radius 1 is 1.35 bits per heavy atom. The molecule has 0 bridgehead atoms. The van der Waals surface area contributed by atoms with Gasteiger partial charge in [0.05, 0.1) is 0 Å². The first-order chi connectivity index (χ1) is 9.30. The van der Waals surface area contributed by atoms with Crippen molar-refractivity contribution >= 4 is 23.5 Å². The third-order valence-corrected chi connectivity index (χ3v) is 3.30. The van der Waals surface area contributed by atoms with E-state index in [9.17, 15) is 14.4 Å². The van der Waals surface area contributed by atoms with Crippen LogP contribution in [0, 0.1) is 6.92 Å². The monoisotopic (exact) mass is 275 g/mol. The number of piperazine rings is 1. The van der Waals surface area contributed by atoms with Crippen molar-refractivity contribution < 1.29 is 14.4 Å². The number of hydrogen-bond donors (Lipinski definition) is 2. The third-order valence-electron chi connectivity index (χ3n) is 3.30. The summed E-state index contributed by atoms with van der Waals surface area (Å²) in [5.41, 5.74) is 0.570. The number of rotatable bonds is 1. The van der Waals surface area contributed by atoms with Gasteiger partial charge in [-0.25, -0.2) is 4.79 Å². The van der Waals surface area contributed by atoms with Gasteiger partial charge in [0.25, 0.3) is 5.91 Å². The molecule has 20 heavy (non-hydrogen) atoms. The van der Waals surface area contributed by atoms with E-state index < -0.39 is 23.4 Å². The van der Waals surface area contributed by atoms with Crippen LogP contribution < -0.4 is 10.6 Å². The molecule has 0 aliphatic carbocycles. The minimum Gasteiger partial charge on any atom is -0.308 e. The van der Waals surface area contributed by atoms with Crippen LogP contribution in [0.25, 0.3) is 0 Å². The summed E-state index contributed by atoms with van der Waals surface area (Å²) in [6.07, 6.45) is 0. The molecule has 0 unspecified atom stereocenters. The predicted molar refractivity (Wildman–Crippen MR) is 74.1 cm³/mol. The van der Waals surface area contributed by atoms with Gasteiger partial charge in [0.2, 0.25) is 5.91 Å². The topological polar surface area (TPSA) is 78.5 Å². The lowest BCUT2D eigenvalue weighted by molar-refractivity contribution is -0.142. The van der Waals surface area contributed by atoms with E-state index >= 15 is 0 Å². The number of carbonyl (C=O) groups is 3. The van der Waals surface area contributed by atoms with Crippen molar-refractivity contribution in [3.8, 4) is 0 Å². The number of anilines is 1. The maximum Gasteiger partial charge on any atom is 0.323 e. The van der Waals surface area contributed by atoms with Gasteiger partial charge in [0.15, 0.2) is 0 Å². The van der Waals surface area contributed by atoms with E-state index in [1.54, 1.807) is 19.9 Å². The van der Waals surface area contributed by atoms with Gasteiger partial charge < -0.3 is 10.2 Å². The van der Waals surface area contributed by atoms with E-state index in [1.165, 1.54) is 4.90 Å². The van der Waals surface area contributed by atoms with Crippen LogP contribution in [-0.4, -0.2) is 34.8 Å². The molecule has 0 radical (unpaired) electrons. The maximum absolute atomic E-state index is 12.3. The van der Waals surface area contributed by atoms with Crippen LogP contribution in [0.2, 0.25) is 0 Å². The molecule has 1 aromatic rings. The molecule has 6 nitrogen and oxygen atoms in total. The van der Waals surface area contributed by atoms with Crippen molar-refractivity contribution in [1.29, 1.82) is 0 Å². The summed E-state index contributed by atoms with van der Waals surface area (Å²) in [6, 6.07) is 6.84. The molecule has 0 atom stereocenters. The molecule has 1 aromatic carbocycles. The first-order valence-electron chi connectivity index (χ1n) is 6.30. The van der Waals surface area contributed by atoms with E-state index in [0.717, 1.165) is 5.56 Å². The summed E-state index contributed by atoms with van der Waals surface area (Å²) < 4.78 is 0. The Labute approximate surface area is 117 Å². The number of urea groups is 1. The zero-order valence-corrected chi connectivity index (χ0v) is 11.7. The van der Waals surface area contributed by atoms with Crippen LogP contribution in [0.4, 0.5) is 10.5 Å². The highest BCUT2D eigenvalue weighted by Crippen LogP contribution is 2.20. The Balaban J connectivity index is 2.19. The lowest BCUT2D eigenvalue weighted by Crippen LogP contribution is -2.66. The first-order valence-corrected chi connectivity index (χ1v) is 6.30. The number of benzene rings is 1. The Kier molecular flexibility index (Phi) is 3.48. The lowest BCUT2D eigenvalue weighted by atomic mass is 9.99. The number of hydrogen-bond acceptors (Lipinski definition) is 3. The van der Waals surface area contributed by atoms with Crippen molar-refractivity contribution in [2.75, 3.05) is 11.9 Å². The van der Waals surface area contributed by atoms with Crippen LogP contribution in [0.3, 0.4) is 0 Å². The molecule has 1 aliphatic heterocycles. The Morgan fingerprint density at radius 2 is 2.05 bits per heavy atom. The Morgan fingerprint density at radius 3 is 2.70 bits per heavy atom. The fourth-order valence-electron chi connectivity index (χ4n) is 2.02. The number of amides is 4. The van der Waals surface area contributed by atoms with Gasteiger partial charge >= 0.3 is 6.03 Å². The van der Waals surface area contributed by atoms with Gasteiger partial charge in [-0.3, -0.25) is 14.9 Å². The van der Waals surface area contributed by atoms with E-state index in [4.69, 9.17) is 0 Å². The largest absolute Gasteiger partial charge is 0.323 e. The first kappa shape index (κ1) is 14.0. The normalized spacial score (nSPS) is 17.6. The van der Waals surface area contributed by atoms with Crippen molar-refractivity contribution in [3.05, 3.63) is 29.8 Å². The summed E-state index contributed by atoms with van der Waals surface area (Å²) in [7, 11) is 0. The molecule has 1 heterocycles. The second-order valence-electron chi connectivity index (χ2n) is 5.32. The molecular weight excluding hydrogens is 258 g/mol. The molecule has 1 fully saturated rings. The Bertz CT molecular complexity index is 581. The second kappa shape index (κ2) is 4.96. The Hall–Kier alpha value is -2.37. The van der Waals surface area contributed by atoms with E-state index in [0.29, 0.717) is 5.69 Å². The molecule has 2 rings (SSSR count). The summed E-state index contributed by atoms with van der Waals surface area (Å²) in [4.78, 5) is 36.7. The summed E-state index contributed by atoms with van der Waals surface area (Å²) in [5, 5.41) is 4.93. The third kappa shape index (κ3) is 2.64. The van der Waals surface area contributed by atoms with Crippen molar-refractivity contribution in [1.82, 2.24) is 10.2 Å². The van der Waals surface area contributed by atoms with Crippen LogP contribution in [0.1, 0.15) is 19.4 Å². The van der Waals surface area contributed by atoms with Gasteiger partial charge in [0, 0.05) is 5.69 Å². The van der Waals surface area contributed by atoms with Gasteiger partial charge in [0.1, 0.15) is 12.1 Å². The van der Waals surface area contributed by atoms with E-state index in [-0.39, 0.29) is 6.54 Å². The van der Waals surface area contributed by atoms with Crippen LogP contribution in [-0.2, 0) is 9.59 Å². The number of carbonyl (C=O) groups excluding carboxylic acids is 3. The SMILES string of the molecule is Cc1cccc(NC(=O)N2CC(=O)NC(=O)C2(C)C)c1. The molecule has 106 valence electrons. The number of nitrogens with one attached hydrogen (secondary N) is 2. The predicted octanol–water partition coefficient (Wildman–Crippen LogP) is 1.26. The second-order valence-corrected chi connectivity index (χ2v) is 5.32. The lowest BCUT2D eigenvalue weighted by Gasteiger charge is -2.39. The van der Waals surface area contributed by atoms with Crippen molar-refractivity contribution in [3.63, 3.8) is 0 Å². The zero-order chi connectivity index (χ0) is 14.9. The highest BCUT2D eigenvalue weighted by molar-refractivity contribution is 6.07. The van der Waals surface area contributed by atoms with Gasteiger partial charge in [-0.05, 0) is 38.5 Å². The van der Waals surface area contributed by atoms with E-state index in [2.05, 4.69) is 10.6 Å². The number of nitrogens with zero attached hydrogens (tertiary/aromatic N) is 1. The molecule has 4 amide bonds. The molecule has 1 saturated heterocycles. The minimum atomic E-state index is -1.07. The van der Waals surface area contributed by atoms with Crippen LogP contribution >= 0.6 is 0 Å². The molecule has 0 spiro atoms. The number of aryl methyl sites for hydroxylation is 1. The van der Waals surface area contributed by atoms with Crippen LogP contribution in [0.15, 0.2) is 24.3 Å². The minimum absolute atomic E-state index is 0.142. The molecule has 0 aromatic heterocycles. The van der Waals surface area contributed by atoms with Gasteiger partial charge in [-0.1, -0.05) is 12.1 Å². The summed E-state index contributed by atoms with van der Waals surface area (Å²) in [6.45, 7) is 4.98. The average molecular weight is 275 g/mol. The van der Waals surface area contributed by atoms with E-state index in [1.807, 2.05) is 25.1 Å². The maximum atomic E-state index is 12.3. The molecule has 2 N–H and O–H groups in total. The highest BCUT2D eigenvalue weighted by Gasteiger charge is 2.43. The smallest absolute Gasteiger partial charge is 0.308 e. The number of imide groups is 1. The van der Waals surface area contributed by atoms with Crippen molar-refractivity contribution in [2.45, 2.75) is 26.3 Å². The molecule has 1 aliphatic rings. The quantitative estimate of drug-likeness (QED) is 0.757. The van der Waals surface area contributed by atoms with Crippen molar-refractivity contribution in [2.24, 2.45) is 0 Å². The summed E-state index contributed by atoms with van der Waals surface area (Å²) in [5.74, 6) is -0.957. The average Bonchev–Trinajstić information content (AvgIpc) is 2.34. The van der Waals surface area contributed by atoms with Gasteiger partial charge in [-0.15, -0.1) is 0 Å². The fraction of sp³-hybridized carbons (Fsp3) is 0.357. The fourth-order valence-corrected chi connectivity index (χ4v) is 2.02.